The molecule has 0 aliphatic heterocycles. The number of hydrazone groups is 1. The van der Waals surface area contributed by atoms with Gasteiger partial charge in [0.1, 0.15) is 0 Å². The molecule has 0 aliphatic rings. The zero-order valence-corrected chi connectivity index (χ0v) is 15.2. The highest BCUT2D eigenvalue weighted by Crippen LogP contribution is 2.21. The van der Waals surface area contributed by atoms with Crippen molar-refractivity contribution in [3.63, 3.8) is 0 Å². The molecule has 1 aromatic heterocycles. The van der Waals surface area contributed by atoms with Gasteiger partial charge in [0, 0.05) is 22.9 Å². The quantitative estimate of drug-likeness (QED) is 0.268. The summed E-state index contributed by atoms with van der Waals surface area (Å²) in [4.78, 5) is 14.4. The van der Waals surface area contributed by atoms with Crippen LogP contribution >= 0.6 is 23.4 Å². The summed E-state index contributed by atoms with van der Waals surface area (Å²) < 4.78 is 0. The second kappa shape index (κ2) is 8.52. The van der Waals surface area contributed by atoms with Crippen LogP contribution in [0.3, 0.4) is 0 Å². The second-order valence-electron chi connectivity index (χ2n) is 5.23. The first-order valence-corrected chi connectivity index (χ1v) is 8.92. The van der Waals surface area contributed by atoms with Gasteiger partial charge in [-0.05, 0) is 23.3 Å². The molecule has 0 fully saturated rings. The predicted octanol–water partition coefficient (Wildman–Crippen LogP) is 3.18. The standard InChI is InChI=1S/C16H13ClN6O3S/c17-12-3-1-10(2-4-12)9-27-16-19-15(21-22-16)20-18-8-11-7-13(23(25)26)5-6-14(11)24/h1-8,24H,9H2,(H2,19,20,21,22)/p-1/b18-8-. The molecule has 27 heavy (non-hydrogen) atoms. The Labute approximate surface area is 162 Å². The molecule has 2 N–H and O–H groups in total. The van der Waals surface area contributed by atoms with E-state index in [0.29, 0.717) is 15.9 Å². The molecule has 0 aliphatic carbocycles. The molecule has 3 aromatic rings. The van der Waals surface area contributed by atoms with Gasteiger partial charge in [0.25, 0.3) is 5.69 Å². The van der Waals surface area contributed by atoms with Crippen LogP contribution in [0.4, 0.5) is 11.6 Å². The molecule has 9 nitrogen and oxygen atoms in total. The Hall–Kier alpha value is -3.11. The normalized spacial score (nSPS) is 11.0. The fourth-order valence-electron chi connectivity index (χ4n) is 2.00. The molecule has 11 heteroatoms. The van der Waals surface area contributed by atoms with E-state index in [0.717, 1.165) is 23.8 Å². The maximum atomic E-state index is 11.7. The van der Waals surface area contributed by atoms with Gasteiger partial charge in [-0.3, -0.25) is 10.1 Å². The van der Waals surface area contributed by atoms with E-state index in [2.05, 4.69) is 25.7 Å². The smallest absolute Gasteiger partial charge is 0.270 e. The molecule has 0 bridgehead atoms. The third-order valence-corrected chi connectivity index (χ3v) is 4.49. The molecule has 1 heterocycles. The Morgan fingerprint density at radius 1 is 1.30 bits per heavy atom. The van der Waals surface area contributed by atoms with Crippen molar-refractivity contribution in [2.75, 3.05) is 5.43 Å². The van der Waals surface area contributed by atoms with Gasteiger partial charge in [0.2, 0.25) is 11.1 Å². The summed E-state index contributed by atoms with van der Waals surface area (Å²) in [6, 6.07) is 10.9. The Kier molecular flexibility index (Phi) is 5.89. The predicted molar refractivity (Wildman–Crippen MR) is 101 cm³/mol. The molecule has 138 valence electrons. The third kappa shape index (κ3) is 5.19. The third-order valence-electron chi connectivity index (χ3n) is 3.32. The van der Waals surface area contributed by atoms with Gasteiger partial charge in [0.05, 0.1) is 11.1 Å². The van der Waals surface area contributed by atoms with Crippen molar-refractivity contribution in [3.05, 3.63) is 68.7 Å². The van der Waals surface area contributed by atoms with Crippen LogP contribution in [-0.2, 0) is 5.75 Å². The highest BCUT2D eigenvalue weighted by atomic mass is 35.5. The van der Waals surface area contributed by atoms with Crippen molar-refractivity contribution in [1.29, 1.82) is 0 Å². The monoisotopic (exact) mass is 403 g/mol. The van der Waals surface area contributed by atoms with E-state index in [1.807, 2.05) is 24.3 Å². The van der Waals surface area contributed by atoms with E-state index in [1.54, 1.807) is 0 Å². The molecule has 0 spiro atoms. The number of rotatable bonds is 7. The molecule has 2 aromatic carbocycles. The summed E-state index contributed by atoms with van der Waals surface area (Å²) in [7, 11) is 0. The zero-order chi connectivity index (χ0) is 19.2. The number of benzene rings is 2. The van der Waals surface area contributed by atoms with E-state index >= 15 is 0 Å². The van der Waals surface area contributed by atoms with E-state index in [4.69, 9.17) is 11.6 Å². The SMILES string of the molecule is O=[N+]([O-])c1ccc([O-])c(/C=N\Nc2nc(SCc3ccc(Cl)cc3)n[nH]2)c1. The van der Waals surface area contributed by atoms with Crippen molar-refractivity contribution >= 4 is 41.2 Å². The van der Waals surface area contributed by atoms with Crippen LogP contribution in [0.25, 0.3) is 0 Å². The number of H-pyrrole nitrogens is 1. The van der Waals surface area contributed by atoms with Crippen LogP contribution in [0.15, 0.2) is 52.7 Å². The van der Waals surface area contributed by atoms with E-state index in [-0.39, 0.29) is 22.9 Å². The average Bonchev–Trinajstić information content (AvgIpc) is 3.10. The fraction of sp³-hybridized carbons (Fsp3) is 0.0625. The van der Waals surface area contributed by atoms with Crippen LogP contribution in [0.2, 0.25) is 5.02 Å². The molecule has 0 atom stereocenters. The van der Waals surface area contributed by atoms with Crippen LogP contribution < -0.4 is 10.5 Å². The van der Waals surface area contributed by atoms with Gasteiger partial charge in [0.15, 0.2) is 0 Å². The molecular weight excluding hydrogens is 392 g/mol. The van der Waals surface area contributed by atoms with E-state index < -0.39 is 4.92 Å². The van der Waals surface area contributed by atoms with Crippen LogP contribution in [0.1, 0.15) is 11.1 Å². The van der Waals surface area contributed by atoms with Gasteiger partial charge in [-0.2, -0.15) is 10.1 Å². The van der Waals surface area contributed by atoms with Gasteiger partial charge < -0.3 is 5.11 Å². The number of nitro groups is 1. The number of hydrogen-bond acceptors (Lipinski definition) is 8. The second-order valence-corrected chi connectivity index (χ2v) is 6.61. The van der Waals surface area contributed by atoms with Crippen molar-refractivity contribution in [3.8, 4) is 5.75 Å². The average molecular weight is 404 g/mol. The molecule has 0 saturated carbocycles. The Bertz CT molecular complexity index is 977. The first kappa shape index (κ1) is 18.7. The number of thioether (sulfide) groups is 1. The molecule has 0 saturated heterocycles. The summed E-state index contributed by atoms with van der Waals surface area (Å²) in [5.41, 5.74) is 3.58. The van der Waals surface area contributed by atoms with Gasteiger partial charge in [-0.25, -0.2) is 10.5 Å². The lowest BCUT2D eigenvalue weighted by Crippen LogP contribution is -1.99. The van der Waals surface area contributed by atoms with Crippen molar-refractivity contribution < 1.29 is 10.0 Å². The van der Waals surface area contributed by atoms with E-state index in [9.17, 15) is 15.2 Å². The largest absolute Gasteiger partial charge is 0.872 e. The number of aromatic nitrogens is 3. The van der Waals surface area contributed by atoms with Gasteiger partial charge in [-0.15, -0.1) is 5.10 Å². The Morgan fingerprint density at radius 3 is 2.81 bits per heavy atom. The number of non-ortho nitro benzene ring substituents is 1. The van der Waals surface area contributed by atoms with Crippen molar-refractivity contribution in [2.45, 2.75) is 10.9 Å². The molecule has 3 rings (SSSR count). The van der Waals surface area contributed by atoms with E-state index in [1.165, 1.54) is 18.0 Å². The van der Waals surface area contributed by atoms with Gasteiger partial charge >= 0.3 is 0 Å². The van der Waals surface area contributed by atoms with Gasteiger partial charge in [-0.1, -0.05) is 47.3 Å². The fourth-order valence-corrected chi connectivity index (χ4v) is 2.88. The number of anilines is 1. The maximum Gasteiger partial charge on any atom is 0.270 e. The molecule has 0 amide bonds. The molecule has 0 unspecified atom stereocenters. The highest BCUT2D eigenvalue weighted by molar-refractivity contribution is 7.98. The maximum absolute atomic E-state index is 11.7. The first-order chi connectivity index (χ1) is 13.0. The number of nitro benzene ring substituents is 1. The van der Waals surface area contributed by atoms with Crippen LogP contribution in [0, 0.1) is 10.1 Å². The summed E-state index contributed by atoms with van der Waals surface area (Å²) in [6.07, 6.45) is 1.19. The number of halogens is 1. The van der Waals surface area contributed by atoms with Crippen LogP contribution in [-0.4, -0.2) is 26.3 Å². The van der Waals surface area contributed by atoms with Crippen LogP contribution in [0.5, 0.6) is 5.75 Å². The lowest BCUT2D eigenvalue weighted by Gasteiger charge is -2.08. The lowest BCUT2D eigenvalue weighted by molar-refractivity contribution is -0.385. The minimum Gasteiger partial charge on any atom is -0.872 e. The summed E-state index contributed by atoms with van der Waals surface area (Å²) in [5.74, 6) is 0.580. The minimum atomic E-state index is -0.579. The first-order valence-electron chi connectivity index (χ1n) is 7.55. The molecule has 0 radical (unpaired) electrons. The summed E-state index contributed by atoms with van der Waals surface area (Å²) >= 11 is 7.27. The number of aromatic amines is 1. The van der Waals surface area contributed by atoms with Crippen molar-refractivity contribution in [2.24, 2.45) is 5.10 Å². The highest BCUT2D eigenvalue weighted by Gasteiger charge is 2.06. The summed E-state index contributed by atoms with van der Waals surface area (Å²) in [6.45, 7) is 0. The minimum absolute atomic E-state index is 0.0913. The number of nitrogens with one attached hydrogen (secondary N) is 2. The molecular formula is C16H12ClN6O3S-. The Balaban J connectivity index is 1.58. The van der Waals surface area contributed by atoms with Crippen molar-refractivity contribution in [1.82, 2.24) is 15.2 Å². The summed E-state index contributed by atoms with van der Waals surface area (Å²) in [5, 5.41) is 34.2. The topological polar surface area (TPSA) is 132 Å². The lowest BCUT2D eigenvalue weighted by atomic mass is 10.2. The number of hydrogen-bond donors (Lipinski definition) is 2. The number of nitrogens with zero attached hydrogens (tertiary/aromatic N) is 4. The zero-order valence-electron chi connectivity index (χ0n) is 13.6. The Morgan fingerprint density at radius 2 is 2.07 bits per heavy atom.